The number of benzene rings is 2. The zero-order chi connectivity index (χ0) is 30.6. The Balaban J connectivity index is 1.81. The van der Waals surface area contributed by atoms with E-state index in [0.29, 0.717) is 12.1 Å². The van der Waals surface area contributed by atoms with E-state index in [2.05, 4.69) is 0 Å². The number of morpholine rings is 1. The Kier molecular flexibility index (Phi) is 7.89. The van der Waals surface area contributed by atoms with Gasteiger partial charge in [0.2, 0.25) is 5.91 Å². The lowest BCUT2D eigenvalue weighted by molar-refractivity contribution is -0.376. The number of halogens is 7. The highest BCUT2D eigenvalue weighted by molar-refractivity contribution is 7.92. The maximum atomic E-state index is 13.8. The molecular weight excluding hydrogens is 585 g/mol. The minimum Gasteiger partial charge on any atom is -0.377 e. The van der Waals surface area contributed by atoms with Crippen LogP contribution in [0.5, 0.6) is 0 Å². The molecular formula is C26H27F7N2O5S. The number of amides is 1. The lowest BCUT2D eigenvalue weighted by Gasteiger charge is -2.44. The van der Waals surface area contributed by atoms with Gasteiger partial charge >= 0.3 is 12.4 Å². The monoisotopic (exact) mass is 612 g/mol. The first-order valence-electron chi connectivity index (χ1n) is 12.5. The summed E-state index contributed by atoms with van der Waals surface area (Å²) < 4.78 is 129. The average Bonchev–Trinajstić information content (AvgIpc) is 2.86. The van der Waals surface area contributed by atoms with Gasteiger partial charge in [0.05, 0.1) is 35.4 Å². The first-order chi connectivity index (χ1) is 18.8. The summed E-state index contributed by atoms with van der Waals surface area (Å²) in [5, 5.41) is 9.87. The Labute approximate surface area is 231 Å². The summed E-state index contributed by atoms with van der Waals surface area (Å²) >= 11 is 0. The van der Waals surface area contributed by atoms with E-state index in [1.807, 2.05) is 0 Å². The maximum Gasteiger partial charge on any atom is 0.430 e. The first kappa shape index (κ1) is 31.0. The third-order valence-electron chi connectivity index (χ3n) is 7.36. The van der Waals surface area contributed by atoms with Gasteiger partial charge in [0.25, 0.3) is 15.6 Å². The lowest BCUT2D eigenvalue weighted by Crippen LogP contribution is -2.57. The van der Waals surface area contributed by atoms with Crippen LogP contribution in [0.2, 0.25) is 0 Å². The number of carbonyl (C=O) groups excluding carboxylic acids is 1. The number of hydrogen-bond acceptors (Lipinski definition) is 5. The fraction of sp³-hybridized carbons (Fsp3) is 0.500. The van der Waals surface area contributed by atoms with Crippen molar-refractivity contribution in [1.29, 1.82) is 0 Å². The first-order valence-corrected chi connectivity index (χ1v) is 13.9. The van der Waals surface area contributed by atoms with E-state index in [9.17, 15) is 49.1 Å². The van der Waals surface area contributed by atoms with Crippen LogP contribution in [0.25, 0.3) is 0 Å². The summed E-state index contributed by atoms with van der Waals surface area (Å²) in [6.45, 7) is 4.24. The van der Waals surface area contributed by atoms with Crippen LogP contribution in [0, 0.1) is 5.82 Å². The highest BCUT2D eigenvalue weighted by atomic mass is 32.2. The molecule has 4 rings (SSSR count). The van der Waals surface area contributed by atoms with E-state index >= 15 is 0 Å². The van der Waals surface area contributed by atoms with Crippen LogP contribution in [0.15, 0.2) is 47.4 Å². The molecule has 1 fully saturated rings. The fourth-order valence-electron chi connectivity index (χ4n) is 5.21. The number of ether oxygens (including phenoxy) is 1. The van der Waals surface area contributed by atoms with Crippen molar-refractivity contribution < 1.29 is 53.8 Å². The molecule has 0 spiro atoms. The summed E-state index contributed by atoms with van der Waals surface area (Å²) in [4.78, 5) is 14.5. The molecule has 1 unspecified atom stereocenters. The van der Waals surface area contributed by atoms with E-state index in [1.165, 1.54) is 4.90 Å². The third-order valence-corrected chi connectivity index (χ3v) is 9.24. The lowest BCUT2D eigenvalue weighted by atomic mass is 9.87. The summed E-state index contributed by atoms with van der Waals surface area (Å²) in [7, 11) is -4.59. The van der Waals surface area contributed by atoms with Crippen LogP contribution in [-0.4, -0.2) is 68.0 Å². The topological polar surface area (TPSA) is 87.2 Å². The second-order valence-corrected chi connectivity index (χ2v) is 12.4. The Morgan fingerprint density at radius 2 is 1.66 bits per heavy atom. The smallest absolute Gasteiger partial charge is 0.377 e. The van der Waals surface area contributed by atoms with Crippen molar-refractivity contribution in [1.82, 2.24) is 4.90 Å². The van der Waals surface area contributed by atoms with Gasteiger partial charge in [-0.25, -0.2) is 12.8 Å². The number of nitrogens with zero attached hydrogens (tertiary/aromatic N) is 2. The summed E-state index contributed by atoms with van der Waals surface area (Å²) in [6.07, 6.45) is -12.9. The SMILES string of the molecule is CC1(C)COCCN1C(=O)CC1CCc2cc(C(O)(C(F)(F)F)C(F)(F)F)ccc2N1S(=O)(=O)c1ccc(F)cc1. The van der Waals surface area contributed by atoms with Crippen molar-refractivity contribution in [2.24, 2.45) is 0 Å². The van der Waals surface area contributed by atoms with E-state index in [-0.39, 0.29) is 50.3 Å². The van der Waals surface area contributed by atoms with Crippen LogP contribution in [0.4, 0.5) is 36.4 Å². The summed E-state index contributed by atoms with van der Waals surface area (Å²) in [5.41, 5.74) is -7.91. The highest BCUT2D eigenvalue weighted by Gasteiger charge is 2.71. The molecule has 226 valence electrons. The standard InChI is InChI=1S/C26H27F7N2O5S/c1-23(2)15-40-12-11-34(23)22(36)14-19-7-3-16-13-17(24(37,25(28,29)30)26(31,32)33)4-10-21(16)35(19)41(38,39)20-8-5-18(27)6-9-20/h4-6,8-10,13,19,37H,3,7,11-12,14-15H2,1-2H3. The number of sulfonamides is 1. The summed E-state index contributed by atoms with van der Waals surface area (Å²) in [6, 6.07) is 4.21. The van der Waals surface area contributed by atoms with Crippen LogP contribution in [-0.2, 0) is 31.6 Å². The van der Waals surface area contributed by atoms with Crippen molar-refractivity contribution in [3.8, 4) is 0 Å². The normalized spacial score (nSPS) is 20.1. The van der Waals surface area contributed by atoms with E-state index in [4.69, 9.17) is 4.74 Å². The average molecular weight is 613 g/mol. The predicted molar refractivity (Wildman–Crippen MR) is 132 cm³/mol. The molecule has 1 saturated heterocycles. The predicted octanol–water partition coefficient (Wildman–Crippen LogP) is 4.68. The number of aryl methyl sites for hydroxylation is 1. The number of anilines is 1. The molecule has 2 aliphatic rings. The van der Waals surface area contributed by atoms with Gasteiger partial charge in [-0.05, 0) is 62.6 Å². The second-order valence-electron chi connectivity index (χ2n) is 10.6. The summed E-state index contributed by atoms with van der Waals surface area (Å²) in [5.74, 6) is -1.17. The molecule has 0 radical (unpaired) electrons. The molecule has 2 aliphatic heterocycles. The molecule has 41 heavy (non-hydrogen) atoms. The van der Waals surface area contributed by atoms with Crippen molar-refractivity contribution in [3.63, 3.8) is 0 Å². The van der Waals surface area contributed by atoms with Gasteiger partial charge in [-0.3, -0.25) is 9.10 Å². The van der Waals surface area contributed by atoms with Gasteiger partial charge < -0.3 is 14.7 Å². The molecule has 1 atom stereocenters. The van der Waals surface area contributed by atoms with Gasteiger partial charge in [-0.15, -0.1) is 0 Å². The molecule has 2 heterocycles. The van der Waals surface area contributed by atoms with Crippen molar-refractivity contribution >= 4 is 21.6 Å². The number of fused-ring (bicyclic) bond motifs is 1. The fourth-order valence-corrected chi connectivity index (χ4v) is 6.93. The van der Waals surface area contributed by atoms with Crippen LogP contribution in [0.1, 0.15) is 37.8 Å². The Hall–Kier alpha value is -2.91. The minimum absolute atomic E-state index is 0.135. The Morgan fingerprint density at radius 3 is 2.22 bits per heavy atom. The molecule has 0 aromatic heterocycles. The van der Waals surface area contributed by atoms with Crippen molar-refractivity contribution in [2.45, 2.75) is 67.5 Å². The molecule has 7 nitrogen and oxygen atoms in total. The van der Waals surface area contributed by atoms with Gasteiger partial charge in [-0.2, -0.15) is 26.3 Å². The largest absolute Gasteiger partial charge is 0.430 e. The molecule has 1 amide bonds. The van der Waals surface area contributed by atoms with Crippen molar-refractivity contribution in [3.05, 3.63) is 59.4 Å². The molecule has 2 aromatic rings. The van der Waals surface area contributed by atoms with E-state index in [1.54, 1.807) is 13.8 Å². The van der Waals surface area contributed by atoms with Crippen LogP contribution >= 0.6 is 0 Å². The number of rotatable bonds is 5. The second kappa shape index (κ2) is 10.4. The Morgan fingerprint density at radius 1 is 1.05 bits per heavy atom. The minimum atomic E-state index is -6.13. The van der Waals surface area contributed by atoms with Crippen LogP contribution < -0.4 is 4.31 Å². The quantitative estimate of drug-likeness (QED) is 0.496. The van der Waals surface area contributed by atoms with E-state index in [0.717, 1.165) is 34.6 Å². The third kappa shape index (κ3) is 5.50. The van der Waals surface area contributed by atoms with E-state index < -0.39 is 61.7 Å². The number of carbonyl (C=O) groups is 1. The molecule has 15 heteroatoms. The zero-order valence-electron chi connectivity index (χ0n) is 21.9. The number of hydrogen-bond donors (Lipinski definition) is 1. The molecule has 0 bridgehead atoms. The highest BCUT2D eigenvalue weighted by Crippen LogP contribution is 2.51. The molecule has 0 aliphatic carbocycles. The maximum absolute atomic E-state index is 13.8. The Bertz CT molecular complexity index is 1390. The van der Waals surface area contributed by atoms with Gasteiger partial charge in [-0.1, -0.05) is 12.1 Å². The molecule has 1 N–H and O–H groups in total. The van der Waals surface area contributed by atoms with Gasteiger partial charge in [0, 0.05) is 18.5 Å². The van der Waals surface area contributed by atoms with Crippen LogP contribution in [0.3, 0.4) is 0 Å². The van der Waals surface area contributed by atoms with Crippen molar-refractivity contribution in [2.75, 3.05) is 24.1 Å². The molecule has 2 aromatic carbocycles. The van der Waals surface area contributed by atoms with Gasteiger partial charge in [0.1, 0.15) is 5.82 Å². The molecule has 0 saturated carbocycles. The number of alkyl halides is 6. The van der Waals surface area contributed by atoms with Gasteiger partial charge in [0.15, 0.2) is 0 Å². The number of aliphatic hydroxyl groups is 1. The zero-order valence-corrected chi connectivity index (χ0v) is 22.7.